The van der Waals surface area contributed by atoms with Crippen molar-refractivity contribution in [3.05, 3.63) is 31.2 Å². The first-order chi connectivity index (χ1) is 4.79. The van der Waals surface area contributed by atoms with Crippen LogP contribution < -0.4 is 0 Å². The molecule has 1 aromatic heterocycles. The number of rotatable bonds is 2. The van der Waals surface area contributed by atoms with Crippen molar-refractivity contribution >= 4 is 6.08 Å². The quantitative estimate of drug-likeness (QED) is 0.659. The lowest BCUT2D eigenvalue weighted by atomic mass is 10.2. The number of aromatic amines is 1. The Morgan fingerprint density at radius 1 is 1.80 bits per heavy atom. The molecule has 0 saturated heterocycles. The largest absolute Gasteiger partial charge is 0.345 e. The summed E-state index contributed by atoms with van der Waals surface area (Å²) in [5, 5.41) is 0. The van der Waals surface area contributed by atoms with Crippen LogP contribution in [0.15, 0.2) is 18.5 Å². The van der Waals surface area contributed by atoms with E-state index in [1.807, 2.05) is 19.1 Å². The fourth-order valence-corrected chi connectivity index (χ4v) is 0.624. The van der Waals surface area contributed by atoms with Gasteiger partial charge in [-0.1, -0.05) is 13.0 Å². The van der Waals surface area contributed by atoms with Gasteiger partial charge in [0.05, 0.1) is 0 Å². The van der Waals surface area contributed by atoms with Crippen molar-refractivity contribution in [3.63, 3.8) is 0 Å². The van der Waals surface area contributed by atoms with E-state index in [1.165, 1.54) is 0 Å². The first-order valence-corrected chi connectivity index (χ1v) is 3.29. The first kappa shape index (κ1) is 7.06. The van der Waals surface area contributed by atoms with Crippen molar-refractivity contribution in [3.8, 4) is 0 Å². The maximum absolute atomic E-state index is 4.02. The van der Waals surface area contributed by atoms with Gasteiger partial charge >= 0.3 is 0 Å². The molecule has 0 aliphatic heterocycles. The highest BCUT2D eigenvalue weighted by atomic mass is 14.9. The molecule has 1 N–H and O–H groups in total. The van der Waals surface area contributed by atoms with E-state index in [4.69, 9.17) is 0 Å². The molecule has 1 rings (SSSR count). The van der Waals surface area contributed by atoms with Crippen molar-refractivity contribution < 1.29 is 0 Å². The van der Waals surface area contributed by atoms with Crippen LogP contribution in [0.25, 0.3) is 6.08 Å². The van der Waals surface area contributed by atoms with Gasteiger partial charge < -0.3 is 4.98 Å². The molecule has 1 atom stereocenters. The van der Waals surface area contributed by atoms with Crippen molar-refractivity contribution in [2.45, 2.75) is 6.92 Å². The molecule has 10 heavy (non-hydrogen) atoms. The summed E-state index contributed by atoms with van der Waals surface area (Å²) in [6.45, 7) is 5.84. The minimum atomic E-state index is 0.338. The second-order valence-electron chi connectivity index (χ2n) is 2.31. The molecule has 53 valence electrons. The lowest BCUT2D eigenvalue weighted by Gasteiger charge is -1.90. The van der Waals surface area contributed by atoms with E-state index in [0.29, 0.717) is 5.92 Å². The van der Waals surface area contributed by atoms with Gasteiger partial charge in [0.2, 0.25) is 0 Å². The fourth-order valence-electron chi connectivity index (χ4n) is 0.624. The van der Waals surface area contributed by atoms with Crippen LogP contribution in [0.5, 0.6) is 0 Å². The average molecular weight is 135 g/mol. The SMILES string of the molecule is [CH2]C(C)C=Cc1ncc[nH]1. The maximum atomic E-state index is 4.02. The van der Waals surface area contributed by atoms with Gasteiger partial charge in [-0.25, -0.2) is 4.98 Å². The highest BCUT2D eigenvalue weighted by molar-refractivity contribution is 5.39. The minimum absolute atomic E-state index is 0.338. The van der Waals surface area contributed by atoms with Crippen molar-refractivity contribution in [1.82, 2.24) is 9.97 Å². The summed E-state index contributed by atoms with van der Waals surface area (Å²) in [7, 11) is 0. The molecule has 0 aliphatic carbocycles. The summed E-state index contributed by atoms with van der Waals surface area (Å²) < 4.78 is 0. The van der Waals surface area contributed by atoms with Gasteiger partial charge in [-0.05, 0) is 18.9 Å². The Morgan fingerprint density at radius 2 is 2.60 bits per heavy atom. The maximum Gasteiger partial charge on any atom is 0.129 e. The van der Waals surface area contributed by atoms with Crippen LogP contribution in [0.2, 0.25) is 0 Å². The van der Waals surface area contributed by atoms with Gasteiger partial charge in [0, 0.05) is 12.4 Å². The van der Waals surface area contributed by atoms with Gasteiger partial charge in [-0.3, -0.25) is 0 Å². The first-order valence-electron chi connectivity index (χ1n) is 3.29. The second-order valence-corrected chi connectivity index (χ2v) is 2.31. The van der Waals surface area contributed by atoms with Gasteiger partial charge in [0.1, 0.15) is 5.82 Å². The molecular weight excluding hydrogens is 124 g/mol. The number of hydrogen-bond donors (Lipinski definition) is 1. The number of nitrogens with one attached hydrogen (secondary N) is 1. The van der Waals surface area contributed by atoms with Crippen molar-refractivity contribution in [2.24, 2.45) is 5.92 Å². The summed E-state index contributed by atoms with van der Waals surface area (Å²) >= 11 is 0. The lowest BCUT2D eigenvalue weighted by molar-refractivity contribution is 0.940. The molecule has 0 fully saturated rings. The predicted molar refractivity (Wildman–Crippen MR) is 42.1 cm³/mol. The van der Waals surface area contributed by atoms with Crippen LogP contribution in [0.1, 0.15) is 12.7 Å². The molecule has 2 nitrogen and oxygen atoms in total. The Labute approximate surface area is 61.0 Å². The third kappa shape index (κ3) is 2.05. The van der Waals surface area contributed by atoms with Crippen LogP contribution in [-0.2, 0) is 0 Å². The fraction of sp³-hybridized carbons (Fsp3) is 0.250. The van der Waals surface area contributed by atoms with Gasteiger partial charge in [0.15, 0.2) is 0 Å². The number of nitrogens with zero attached hydrogens (tertiary/aromatic N) is 1. The monoisotopic (exact) mass is 135 g/mol. The molecular formula is C8H11N2. The smallest absolute Gasteiger partial charge is 0.129 e. The Kier molecular flexibility index (Phi) is 2.26. The van der Waals surface area contributed by atoms with Crippen molar-refractivity contribution in [1.29, 1.82) is 0 Å². The van der Waals surface area contributed by atoms with Crippen LogP contribution in [0.3, 0.4) is 0 Å². The van der Waals surface area contributed by atoms with Gasteiger partial charge in [-0.15, -0.1) is 0 Å². The number of aromatic nitrogens is 2. The highest BCUT2D eigenvalue weighted by Gasteiger charge is 1.86. The van der Waals surface area contributed by atoms with E-state index in [1.54, 1.807) is 12.4 Å². The molecule has 0 spiro atoms. The predicted octanol–water partition coefficient (Wildman–Crippen LogP) is 1.89. The molecule has 0 amide bonds. The minimum Gasteiger partial charge on any atom is -0.345 e. The van der Waals surface area contributed by atoms with E-state index in [9.17, 15) is 0 Å². The van der Waals surface area contributed by atoms with Crippen LogP contribution in [0.4, 0.5) is 0 Å². The Morgan fingerprint density at radius 3 is 3.10 bits per heavy atom. The molecule has 0 aliphatic rings. The average Bonchev–Trinajstić information content (AvgIpc) is 2.34. The highest BCUT2D eigenvalue weighted by Crippen LogP contribution is 1.98. The topological polar surface area (TPSA) is 28.7 Å². The van der Waals surface area contributed by atoms with E-state index in [0.717, 1.165) is 5.82 Å². The normalized spacial score (nSPS) is 11.5. The summed E-state index contributed by atoms with van der Waals surface area (Å²) in [6, 6.07) is 0. The molecule has 1 aromatic rings. The van der Waals surface area contributed by atoms with E-state index < -0.39 is 0 Å². The number of allylic oxidation sites excluding steroid dienone is 1. The summed E-state index contributed by atoms with van der Waals surface area (Å²) in [5.41, 5.74) is 0. The van der Waals surface area contributed by atoms with Gasteiger partial charge in [0.25, 0.3) is 0 Å². The van der Waals surface area contributed by atoms with E-state index in [-0.39, 0.29) is 0 Å². The summed E-state index contributed by atoms with van der Waals surface area (Å²) in [6.07, 6.45) is 7.46. The Bertz CT molecular complexity index is 197. The summed E-state index contributed by atoms with van der Waals surface area (Å²) in [5.74, 6) is 1.22. The van der Waals surface area contributed by atoms with Crippen LogP contribution in [0, 0.1) is 12.8 Å². The van der Waals surface area contributed by atoms with Gasteiger partial charge in [-0.2, -0.15) is 0 Å². The van der Waals surface area contributed by atoms with Crippen LogP contribution in [-0.4, -0.2) is 9.97 Å². The van der Waals surface area contributed by atoms with Crippen LogP contribution >= 0.6 is 0 Å². The number of H-pyrrole nitrogens is 1. The number of hydrogen-bond acceptors (Lipinski definition) is 1. The number of imidazole rings is 1. The summed E-state index contributed by atoms with van der Waals surface area (Å²) in [4.78, 5) is 6.98. The molecule has 1 radical (unpaired) electrons. The second kappa shape index (κ2) is 3.20. The molecule has 0 saturated carbocycles. The molecule has 2 heteroatoms. The standard InChI is InChI=1S/C8H11N2/c1-7(2)3-4-8-9-5-6-10-8/h3-7H,1H2,2H3,(H,9,10). The van der Waals surface area contributed by atoms with E-state index >= 15 is 0 Å². The third-order valence-electron chi connectivity index (χ3n) is 1.10. The zero-order valence-electron chi connectivity index (χ0n) is 6.04. The molecule has 1 unspecified atom stereocenters. The zero-order chi connectivity index (χ0) is 7.40. The molecule has 1 heterocycles. The molecule has 0 bridgehead atoms. The zero-order valence-corrected chi connectivity index (χ0v) is 6.04. The lowest BCUT2D eigenvalue weighted by Crippen LogP contribution is -1.79. The Hall–Kier alpha value is -1.05. The molecule has 0 aromatic carbocycles. The third-order valence-corrected chi connectivity index (χ3v) is 1.10. The van der Waals surface area contributed by atoms with E-state index in [2.05, 4.69) is 16.9 Å². The Balaban J connectivity index is 2.55. The van der Waals surface area contributed by atoms with Crippen molar-refractivity contribution in [2.75, 3.05) is 0 Å².